The van der Waals surface area contributed by atoms with Crippen molar-refractivity contribution in [1.82, 2.24) is 14.8 Å². The summed E-state index contributed by atoms with van der Waals surface area (Å²) in [7, 11) is 0. The molecular formula is C23H14F9N3. The molecule has 0 saturated carbocycles. The number of benzene rings is 2. The lowest BCUT2D eigenvalue weighted by atomic mass is 9.95. The molecule has 3 aromatic rings. The molecule has 3 nitrogen and oxygen atoms in total. The number of aromatic nitrogens is 3. The van der Waals surface area contributed by atoms with Crippen LogP contribution in [0.5, 0.6) is 0 Å². The number of allylic oxidation sites excluding steroid dienone is 4. The van der Waals surface area contributed by atoms with Crippen molar-refractivity contribution in [2.75, 3.05) is 0 Å². The maximum absolute atomic E-state index is 13.0. The Hall–Kier alpha value is -3.57. The second-order valence-electron chi connectivity index (χ2n) is 7.70. The van der Waals surface area contributed by atoms with E-state index >= 15 is 0 Å². The number of hydrogen-bond donors (Lipinski definition) is 0. The molecule has 35 heavy (non-hydrogen) atoms. The average Bonchev–Trinajstić information content (AvgIpc) is 3.23. The molecule has 12 heteroatoms. The van der Waals surface area contributed by atoms with Crippen molar-refractivity contribution in [2.24, 2.45) is 0 Å². The zero-order valence-electron chi connectivity index (χ0n) is 17.4. The number of nitrogens with zero attached hydrogens (tertiary/aromatic N) is 3. The predicted molar refractivity (Wildman–Crippen MR) is 107 cm³/mol. The van der Waals surface area contributed by atoms with Gasteiger partial charge in [-0.25, -0.2) is 0 Å². The fourth-order valence-electron chi connectivity index (χ4n) is 3.61. The summed E-state index contributed by atoms with van der Waals surface area (Å²) >= 11 is 0. The summed E-state index contributed by atoms with van der Waals surface area (Å²) in [5.74, 6) is -0.569. The van der Waals surface area contributed by atoms with Crippen LogP contribution in [-0.2, 0) is 12.4 Å². The minimum Gasteiger partial charge on any atom is -0.278 e. The smallest absolute Gasteiger partial charge is 0.278 e. The molecule has 4 rings (SSSR count). The highest BCUT2D eigenvalue weighted by Gasteiger charge is 2.35. The van der Waals surface area contributed by atoms with E-state index in [0.29, 0.717) is 0 Å². The normalized spacial score (nSPS) is 16.9. The first kappa shape index (κ1) is 24.6. The van der Waals surface area contributed by atoms with Gasteiger partial charge in [0.25, 0.3) is 0 Å². The van der Waals surface area contributed by atoms with Gasteiger partial charge in [0, 0.05) is 17.2 Å². The van der Waals surface area contributed by atoms with Gasteiger partial charge in [-0.05, 0) is 42.8 Å². The van der Waals surface area contributed by atoms with Crippen molar-refractivity contribution >= 4 is 0 Å². The van der Waals surface area contributed by atoms with Crippen molar-refractivity contribution in [3.05, 3.63) is 89.3 Å². The SMILES string of the molecule is FC(F)(F)C1=CCC(c2nnc(-c3ccc(C(F)(F)F)cc3)n2-c2ccc(C(F)(F)F)cc2)C=C1. The third-order valence-corrected chi connectivity index (χ3v) is 5.37. The molecule has 0 aliphatic heterocycles. The summed E-state index contributed by atoms with van der Waals surface area (Å²) in [5.41, 5.74) is -2.35. The van der Waals surface area contributed by atoms with Crippen molar-refractivity contribution in [2.45, 2.75) is 30.9 Å². The van der Waals surface area contributed by atoms with Crippen LogP contribution in [0.4, 0.5) is 39.5 Å². The Balaban J connectivity index is 1.79. The molecule has 1 aliphatic rings. The molecule has 1 heterocycles. The van der Waals surface area contributed by atoms with Crippen molar-refractivity contribution in [1.29, 1.82) is 0 Å². The van der Waals surface area contributed by atoms with E-state index in [1.54, 1.807) is 0 Å². The Morgan fingerprint density at radius 3 is 1.69 bits per heavy atom. The van der Waals surface area contributed by atoms with Crippen LogP contribution in [0.15, 0.2) is 72.3 Å². The minimum atomic E-state index is -4.60. The number of hydrogen-bond acceptors (Lipinski definition) is 2. The monoisotopic (exact) mass is 503 g/mol. The quantitative estimate of drug-likeness (QED) is 0.347. The Labute approximate surface area is 192 Å². The van der Waals surface area contributed by atoms with E-state index in [2.05, 4.69) is 10.2 Å². The summed E-state index contributed by atoms with van der Waals surface area (Å²) < 4.78 is 118. The molecule has 0 amide bonds. The third kappa shape index (κ3) is 5.10. The summed E-state index contributed by atoms with van der Waals surface area (Å²) in [6.07, 6.45) is -10.8. The lowest BCUT2D eigenvalue weighted by Gasteiger charge is -2.19. The molecule has 1 aliphatic carbocycles. The van der Waals surface area contributed by atoms with Crippen LogP contribution in [0.1, 0.15) is 29.3 Å². The molecule has 1 unspecified atom stereocenters. The summed E-state index contributed by atoms with van der Waals surface area (Å²) in [5, 5.41) is 8.03. The molecule has 0 saturated heterocycles. The molecule has 0 radical (unpaired) electrons. The lowest BCUT2D eigenvalue weighted by Crippen LogP contribution is -2.15. The minimum absolute atomic E-state index is 0.0208. The van der Waals surface area contributed by atoms with Crippen LogP contribution in [0.25, 0.3) is 17.1 Å². The van der Waals surface area contributed by atoms with E-state index in [4.69, 9.17) is 0 Å². The van der Waals surface area contributed by atoms with E-state index < -0.39 is 41.1 Å². The number of alkyl halides is 9. The van der Waals surface area contributed by atoms with E-state index in [9.17, 15) is 39.5 Å². The zero-order valence-corrected chi connectivity index (χ0v) is 17.4. The van der Waals surface area contributed by atoms with Gasteiger partial charge in [-0.2, -0.15) is 39.5 Å². The van der Waals surface area contributed by atoms with Crippen LogP contribution in [0.2, 0.25) is 0 Å². The molecule has 0 spiro atoms. The fraction of sp³-hybridized carbons (Fsp3) is 0.217. The van der Waals surface area contributed by atoms with Gasteiger partial charge < -0.3 is 0 Å². The van der Waals surface area contributed by atoms with Gasteiger partial charge in [-0.1, -0.05) is 30.4 Å². The van der Waals surface area contributed by atoms with Crippen molar-refractivity contribution < 1.29 is 39.5 Å². The standard InChI is InChI=1S/C23H14F9N3/c24-21(25,26)15-5-1-13(2-6-15)19-33-34-20(14-3-7-16(8-4-14)22(27,28)29)35(19)18-11-9-17(10-12-18)23(30,31)32/h1-3,5-12,14H,4H2. The van der Waals surface area contributed by atoms with Crippen LogP contribution < -0.4 is 0 Å². The maximum atomic E-state index is 13.0. The first-order chi connectivity index (χ1) is 16.2. The van der Waals surface area contributed by atoms with Crippen LogP contribution >= 0.6 is 0 Å². The number of halogens is 9. The Morgan fingerprint density at radius 2 is 1.23 bits per heavy atom. The van der Waals surface area contributed by atoms with Gasteiger partial charge in [0.2, 0.25) is 0 Å². The molecule has 1 atom stereocenters. The summed E-state index contributed by atoms with van der Waals surface area (Å²) in [6.45, 7) is 0. The molecule has 0 bridgehead atoms. The van der Waals surface area contributed by atoms with Crippen LogP contribution in [-0.4, -0.2) is 20.9 Å². The largest absolute Gasteiger partial charge is 0.416 e. The summed E-state index contributed by atoms with van der Waals surface area (Å²) in [6, 6.07) is 7.80. The zero-order chi connectivity index (χ0) is 25.6. The van der Waals surface area contributed by atoms with Crippen LogP contribution in [0, 0.1) is 0 Å². The second-order valence-corrected chi connectivity index (χ2v) is 7.70. The Bertz CT molecular complexity index is 1260. The average molecular weight is 503 g/mol. The highest BCUT2D eigenvalue weighted by atomic mass is 19.4. The molecule has 1 aromatic heterocycles. The third-order valence-electron chi connectivity index (χ3n) is 5.37. The topological polar surface area (TPSA) is 30.7 Å². The second kappa shape index (κ2) is 8.58. The lowest BCUT2D eigenvalue weighted by molar-refractivity contribution is -0.138. The highest BCUT2D eigenvalue weighted by Crippen LogP contribution is 2.37. The van der Waals surface area contributed by atoms with E-state index in [-0.39, 0.29) is 29.3 Å². The highest BCUT2D eigenvalue weighted by molar-refractivity contribution is 5.60. The first-order valence-electron chi connectivity index (χ1n) is 10.0. The van der Waals surface area contributed by atoms with E-state index in [1.807, 2.05) is 0 Å². The molecule has 2 aromatic carbocycles. The van der Waals surface area contributed by atoms with E-state index in [1.165, 1.54) is 10.6 Å². The predicted octanol–water partition coefficient (Wildman–Crippen LogP) is 7.50. The molecule has 184 valence electrons. The van der Waals surface area contributed by atoms with Gasteiger partial charge in [-0.3, -0.25) is 4.57 Å². The Morgan fingerprint density at radius 1 is 0.686 bits per heavy atom. The molecule has 0 N–H and O–H groups in total. The van der Waals surface area contributed by atoms with Gasteiger partial charge in [-0.15, -0.1) is 10.2 Å². The Kier molecular flexibility index (Phi) is 6.02. The first-order valence-corrected chi connectivity index (χ1v) is 10.0. The molecular weight excluding hydrogens is 489 g/mol. The van der Waals surface area contributed by atoms with Crippen molar-refractivity contribution in [3.63, 3.8) is 0 Å². The van der Waals surface area contributed by atoms with Gasteiger partial charge in [0.1, 0.15) is 5.82 Å². The van der Waals surface area contributed by atoms with Gasteiger partial charge in [0.15, 0.2) is 5.82 Å². The van der Waals surface area contributed by atoms with Gasteiger partial charge in [0.05, 0.1) is 16.7 Å². The van der Waals surface area contributed by atoms with Crippen molar-refractivity contribution in [3.8, 4) is 17.1 Å². The maximum Gasteiger partial charge on any atom is 0.416 e. The number of rotatable bonds is 3. The van der Waals surface area contributed by atoms with Crippen LogP contribution in [0.3, 0.4) is 0 Å². The van der Waals surface area contributed by atoms with E-state index in [0.717, 1.165) is 60.7 Å². The summed E-state index contributed by atoms with van der Waals surface area (Å²) in [4.78, 5) is 0. The van der Waals surface area contributed by atoms with Gasteiger partial charge >= 0.3 is 18.5 Å². The molecule has 0 fully saturated rings. The fourth-order valence-corrected chi connectivity index (χ4v) is 3.61.